The van der Waals surface area contributed by atoms with E-state index in [0.29, 0.717) is 24.2 Å². The van der Waals surface area contributed by atoms with Gasteiger partial charge in [-0.05, 0) is 24.3 Å². The number of rotatable bonds is 3. The van der Waals surface area contributed by atoms with Gasteiger partial charge in [-0.15, -0.1) is 0 Å². The molecule has 106 valence electrons. The number of carbonyl (C=O) groups excluding carboxylic acids is 1. The second kappa shape index (κ2) is 5.32. The average Bonchev–Trinajstić information content (AvgIpc) is 2.38. The summed E-state index contributed by atoms with van der Waals surface area (Å²) in [5.74, 6) is -6.09. The molecule has 1 heterocycles. The summed E-state index contributed by atoms with van der Waals surface area (Å²) in [7, 11) is 0. The first-order valence-electron chi connectivity index (χ1n) is 6.01. The van der Waals surface area contributed by atoms with Gasteiger partial charge >= 0.3 is 5.92 Å². The number of benzene rings is 1. The van der Waals surface area contributed by atoms with E-state index >= 15 is 0 Å². The van der Waals surface area contributed by atoms with Crippen LogP contribution in [0.3, 0.4) is 0 Å². The largest absolute Gasteiger partial charge is 0.326 e. The Bertz CT molecular complexity index is 564. The number of nitrogens with one attached hydrogen (secondary N) is 1. The number of anilines is 1. The Morgan fingerprint density at radius 1 is 1.40 bits per heavy atom. The minimum Gasteiger partial charge on any atom is -0.326 e. The van der Waals surface area contributed by atoms with E-state index in [4.69, 9.17) is 17.0 Å². The lowest BCUT2D eigenvalue weighted by molar-refractivity contribution is -0.141. The maximum atomic E-state index is 13.1. The first-order valence-corrected chi connectivity index (χ1v) is 6.39. The lowest BCUT2D eigenvalue weighted by atomic mass is 9.94. The summed E-state index contributed by atoms with van der Waals surface area (Å²) in [6.07, 6.45) is 2.97. The zero-order valence-electron chi connectivity index (χ0n) is 10.7. The third-order valence-electron chi connectivity index (χ3n) is 3.06. The number of carbonyl (C=O) groups is 1. The molecule has 1 N–H and O–H groups in total. The number of ketones is 1. The molecule has 0 fully saturated rings. The van der Waals surface area contributed by atoms with Crippen LogP contribution in [0.4, 0.5) is 14.5 Å². The molecule has 1 atom stereocenters. The van der Waals surface area contributed by atoms with Crippen molar-refractivity contribution in [1.82, 2.24) is 0 Å². The maximum Gasteiger partial charge on any atom is 0.303 e. The Morgan fingerprint density at radius 3 is 2.55 bits per heavy atom. The van der Waals surface area contributed by atoms with Crippen molar-refractivity contribution >= 4 is 28.9 Å². The topological polar surface area (TPSA) is 44.2 Å². The summed E-state index contributed by atoms with van der Waals surface area (Å²) in [4.78, 5) is 13.2. The molecule has 0 aliphatic carbocycles. The molecular formula is C14H13ClF2N2O. The lowest BCUT2D eigenvalue weighted by Crippen LogP contribution is -2.45. The van der Waals surface area contributed by atoms with Crippen LogP contribution >= 0.6 is 11.6 Å². The Hall–Kier alpha value is -1.75. The fourth-order valence-corrected chi connectivity index (χ4v) is 2.14. The van der Waals surface area contributed by atoms with Crippen LogP contribution in [0.15, 0.2) is 36.4 Å². The van der Waals surface area contributed by atoms with Crippen LogP contribution in [0.1, 0.15) is 6.92 Å². The Morgan fingerprint density at radius 2 is 2.00 bits per heavy atom. The van der Waals surface area contributed by atoms with Gasteiger partial charge in [-0.2, -0.15) is 8.78 Å². The number of hydrogen-bond acceptors (Lipinski definition) is 2. The molecule has 3 nitrogen and oxygen atoms in total. The number of alkyl halides is 2. The Labute approximate surface area is 120 Å². The van der Waals surface area contributed by atoms with Gasteiger partial charge in [-0.3, -0.25) is 10.2 Å². The average molecular weight is 299 g/mol. The Kier molecular flexibility index (Phi) is 3.90. The smallest absolute Gasteiger partial charge is 0.303 e. The molecule has 1 unspecified atom stereocenters. The van der Waals surface area contributed by atoms with Gasteiger partial charge in [0.2, 0.25) is 5.78 Å². The highest BCUT2D eigenvalue weighted by molar-refractivity contribution is 6.30. The molecule has 20 heavy (non-hydrogen) atoms. The quantitative estimate of drug-likeness (QED) is 0.868. The van der Waals surface area contributed by atoms with Crippen LogP contribution in [0, 0.1) is 11.3 Å². The van der Waals surface area contributed by atoms with Gasteiger partial charge < -0.3 is 4.90 Å². The molecule has 0 radical (unpaired) electrons. The van der Waals surface area contributed by atoms with Crippen molar-refractivity contribution in [1.29, 1.82) is 5.41 Å². The molecule has 0 amide bonds. The summed E-state index contributed by atoms with van der Waals surface area (Å²) in [5, 5.41) is 8.53. The molecule has 0 saturated heterocycles. The number of halogens is 3. The molecule has 2 rings (SSSR count). The third-order valence-corrected chi connectivity index (χ3v) is 3.31. The van der Waals surface area contributed by atoms with Crippen LogP contribution in [-0.2, 0) is 4.79 Å². The summed E-state index contributed by atoms with van der Waals surface area (Å²) >= 11 is 5.79. The van der Waals surface area contributed by atoms with Gasteiger partial charge in [0.15, 0.2) is 0 Å². The Balaban J connectivity index is 2.27. The summed E-state index contributed by atoms with van der Waals surface area (Å²) in [6, 6.07) is 6.66. The number of nitrogens with zero attached hydrogens (tertiary/aromatic N) is 1. The lowest BCUT2D eigenvalue weighted by Gasteiger charge is -2.31. The standard InChI is InChI=1S/C14H13ClF2N2O/c1-14(16,17)12(20)11-3-2-8-19(13(11)18)10-6-4-9(15)5-7-10/h2-7,11,18H,8H2,1H3. The van der Waals surface area contributed by atoms with Crippen molar-refractivity contribution < 1.29 is 13.6 Å². The molecular weight excluding hydrogens is 286 g/mol. The van der Waals surface area contributed by atoms with Crippen molar-refractivity contribution in [2.45, 2.75) is 12.8 Å². The van der Waals surface area contributed by atoms with Crippen LogP contribution in [-0.4, -0.2) is 24.1 Å². The van der Waals surface area contributed by atoms with Crippen LogP contribution < -0.4 is 4.90 Å². The normalized spacial score (nSPS) is 19.3. The van der Waals surface area contributed by atoms with Crippen molar-refractivity contribution in [3.8, 4) is 0 Å². The van der Waals surface area contributed by atoms with E-state index in [0.717, 1.165) is 0 Å². The predicted molar refractivity (Wildman–Crippen MR) is 74.8 cm³/mol. The molecule has 0 aromatic heterocycles. The minimum absolute atomic E-state index is 0.152. The van der Waals surface area contributed by atoms with E-state index in [9.17, 15) is 13.6 Å². The van der Waals surface area contributed by atoms with Gasteiger partial charge in [0.05, 0.1) is 5.92 Å². The van der Waals surface area contributed by atoms with Gasteiger partial charge in [-0.1, -0.05) is 23.8 Å². The van der Waals surface area contributed by atoms with Crippen LogP contribution in [0.25, 0.3) is 0 Å². The highest BCUT2D eigenvalue weighted by Gasteiger charge is 2.41. The highest BCUT2D eigenvalue weighted by Crippen LogP contribution is 2.27. The fourth-order valence-electron chi connectivity index (χ4n) is 2.01. The second-order valence-corrected chi connectivity index (χ2v) is 5.07. The zero-order valence-corrected chi connectivity index (χ0v) is 11.5. The van der Waals surface area contributed by atoms with Crippen molar-refractivity contribution in [2.75, 3.05) is 11.4 Å². The molecule has 6 heteroatoms. The first-order chi connectivity index (χ1) is 9.30. The summed E-state index contributed by atoms with van der Waals surface area (Å²) in [5.41, 5.74) is 0.640. The number of amidine groups is 1. The monoisotopic (exact) mass is 298 g/mol. The van der Waals surface area contributed by atoms with E-state index in [-0.39, 0.29) is 5.84 Å². The van der Waals surface area contributed by atoms with Crippen molar-refractivity contribution in [3.05, 3.63) is 41.4 Å². The molecule has 1 aliphatic heterocycles. The molecule has 1 aliphatic rings. The maximum absolute atomic E-state index is 13.1. The van der Waals surface area contributed by atoms with E-state index in [1.165, 1.54) is 11.0 Å². The van der Waals surface area contributed by atoms with E-state index in [1.54, 1.807) is 30.3 Å². The van der Waals surface area contributed by atoms with Gasteiger partial charge in [0.1, 0.15) is 5.84 Å². The fraction of sp³-hybridized carbons (Fsp3) is 0.286. The summed E-state index contributed by atoms with van der Waals surface area (Å²) < 4.78 is 26.3. The van der Waals surface area contributed by atoms with Gasteiger partial charge in [0, 0.05) is 24.2 Å². The SMILES string of the molecule is CC(F)(F)C(=O)C1C=CCN(c2ccc(Cl)cc2)C1=N. The van der Waals surface area contributed by atoms with Crippen molar-refractivity contribution in [2.24, 2.45) is 5.92 Å². The molecule has 0 saturated carbocycles. The predicted octanol–water partition coefficient (Wildman–Crippen LogP) is 3.53. The molecule has 1 aromatic carbocycles. The van der Waals surface area contributed by atoms with E-state index in [1.807, 2.05) is 0 Å². The first kappa shape index (κ1) is 14.7. The van der Waals surface area contributed by atoms with E-state index in [2.05, 4.69) is 0 Å². The van der Waals surface area contributed by atoms with Crippen molar-refractivity contribution in [3.63, 3.8) is 0 Å². The number of hydrogen-bond donors (Lipinski definition) is 1. The molecule has 1 aromatic rings. The van der Waals surface area contributed by atoms with E-state index < -0.39 is 17.6 Å². The van der Waals surface area contributed by atoms with Crippen LogP contribution in [0.5, 0.6) is 0 Å². The van der Waals surface area contributed by atoms with Gasteiger partial charge in [-0.25, -0.2) is 0 Å². The summed E-state index contributed by atoms with van der Waals surface area (Å²) in [6.45, 7) is 0.914. The molecule has 0 bridgehead atoms. The number of Topliss-reactive ketones (excluding diaryl/α,β-unsaturated/α-hetero) is 1. The highest BCUT2D eigenvalue weighted by atomic mass is 35.5. The molecule has 0 spiro atoms. The van der Waals surface area contributed by atoms with Gasteiger partial charge in [0.25, 0.3) is 0 Å². The zero-order chi connectivity index (χ0) is 14.9. The van der Waals surface area contributed by atoms with Crippen LogP contribution in [0.2, 0.25) is 5.02 Å². The minimum atomic E-state index is -3.45. The third kappa shape index (κ3) is 2.88. The second-order valence-electron chi connectivity index (χ2n) is 4.63.